The highest BCUT2D eigenvalue weighted by Crippen LogP contribution is 2.32. The minimum atomic E-state index is -0.0745. The molecule has 1 aromatic heterocycles. The molecule has 0 saturated carbocycles. The number of aromatic nitrogens is 2. The summed E-state index contributed by atoms with van der Waals surface area (Å²) in [5.74, 6) is -0.145. The van der Waals surface area contributed by atoms with Crippen LogP contribution < -0.4 is 42.6 Å². The van der Waals surface area contributed by atoms with Crippen LogP contribution >= 0.6 is 0 Å². The molecule has 0 fully saturated rings. The number of nitrogens with zero attached hydrogens (tertiary/aromatic N) is 3. The first kappa shape index (κ1) is 52.1. The Morgan fingerprint density at radius 3 is 1.76 bits per heavy atom. The maximum absolute atomic E-state index is 13.0. The lowest BCUT2D eigenvalue weighted by atomic mass is 10.0. The van der Waals surface area contributed by atoms with E-state index in [9.17, 15) is 9.59 Å². The maximum Gasteiger partial charge on any atom is 0.251 e. The molecule has 7 aromatic carbocycles. The first-order valence-electron chi connectivity index (χ1n) is 26.7. The topological polar surface area (TPSA) is 175 Å². The Bertz CT molecular complexity index is 3390. The van der Waals surface area contributed by atoms with Crippen LogP contribution in [0.15, 0.2) is 186 Å². The van der Waals surface area contributed by atoms with Gasteiger partial charge in [-0.2, -0.15) is 0 Å². The minimum Gasteiger partial charge on any atom is -0.399 e. The molecule has 0 spiro atoms. The number of rotatable bonds is 23. The smallest absolute Gasteiger partial charge is 0.251 e. The third-order valence-corrected chi connectivity index (χ3v) is 13.8. The standard InChI is InChI=1S/C64H68N10O2/c1-44-39-53(72-56-32-29-50(65)41-59(56)71-52-17-9-7-10-18-52)31-34-55(44)67-35-13-3-5-15-37-69-63(75)48-25-21-46(22-26-48)47-23-27-49(28-24-47)64(76)70-38-16-6-4-14-36-68-58-43-62-60(40-45(58)2)73-57-33-30-51(66)42-61(57)74(62)54-19-11-8-12-20-54/h7-12,17-30,32-34,39-43,67,71H,3-6,13-16,31,35-38,65H2,1-2H3,(H4,66,68,69,70,75,76)/p+1. The zero-order chi connectivity index (χ0) is 52.6. The molecule has 2 amide bonds. The summed E-state index contributed by atoms with van der Waals surface area (Å²) in [5.41, 5.74) is 30.1. The predicted octanol–water partition coefficient (Wildman–Crippen LogP) is 12.8. The van der Waals surface area contributed by atoms with Crippen molar-refractivity contribution in [2.24, 2.45) is 4.99 Å². The normalized spacial score (nSPS) is 12.8. The van der Waals surface area contributed by atoms with Gasteiger partial charge in [0.25, 0.3) is 11.8 Å². The van der Waals surface area contributed by atoms with Gasteiger partial charge in [-0.05, 0) is 141 Å². The summed E-state index contributed by atoms with van der Waals surface area (Å²) in [6, 6.07) is 51.6. The second-order valence-electron chi connectivity index (χ2n) is 19.6. The average molecular weight is 1010 g/mol. The van der Waals surface area contributed by atoms with Crippen LogP contribution in [0.25, 0.3) is 38.9 Å². The number of amides is 2. The number of nitrogens with two attached hydrogens (primary N) is 2. The molecular formula is C64H69N10O2+. The van der Waals surface area contributed by atoms with Gasteiger partial charge < -0.3 is 38.1 Å². The molecule has 0 bridgehead atoms. The van der Waals surface area contributed by atoms with Crippen molar-refractivity contribution in [1.82, 2.24) is 20.9 Å². The average Bonchev–Trinajstić information content (AvgIpc) is 3.43. The number of anilines is 5. The second kappa shape index (κ2) is 25.4. The van der Waals surface area contributed by atoms with Crippen LogP contribution in [0.3, 0.4) is 0 Å². The first-order valence-corrected chi connectivity index (χ1v) is 26.7. The summed E-state index contributed by atoms with van der Waals surface area (Å²) < 4.78 is 2.24. The van der Waals surface area contributed by atoms with Gasteiger partial charge in [0.05, 0.1) is 11.4 Å². The molecule has 8 aromatic rings. The van der Waals surface area contributed by atoms with Crippen molar-refractivity contribution in [3.05, 3.63) is 198 Å². The molecule has 0 unspecified atom stereocenters. The molecule has 76 heavy (non-hydrogen) atoms. The van der Waals surface area contributed by atoms with Crippen molar-refractivity contribution in [2.45, 2.75) is 71.6 Å². The number of carbonyl (C=O) groups is 2. The number of para-hydroxylation sites is 2. The predicted molar refractivity (Wildman–Crippen MR) is 314 cm³/mol. The van der Waals surface area contributed by atoms with E-state index in [0.717, 1.165) is 155 Å². The summed E-state index contributed by atoms with van der Waals surface area (Å²) in [4.78, 5) is 35.9. The fourth-order valence-corrected chi connectivity index (χ4v) is 9.59. The number of nitrogens with one attached hydrogen (secondary N) is 5. The molecule has 1 heterocycles. The SMILES string of the molecule is CC1=CC(=Nc2ccc(N)cc2Nc2ccccc2)CC=C1NCCCCCCNC(=O)c1ccc(-c2ccc(C(=O)NCCCCCCNc3cc4c(cc3C)nc3ccc(N)cc3[n+]4-c3ccccc3)cc2)cc1. The summed E-state index contributed by atoms with van der Waals surface area (Å²) in [6.45, 7) is 7.24. The number of aliphatic imine (C=N–C) groups is 1. The van der Waals surface area contributed by atoms with Crippen LogP contribution in [-0.2, 0) is 0 Å². The van der Waals surface area contributed by atoms with Crippen molar-refractivity contribution >= 4 is 73.7 Å². The van der Waals surface area contributed by atoms with E-state index in [-0.39, 0.29) is 11.8 Å². The van der Waals surface area contributed by atoms with Gasteiger partial charge in [0.15, 0.2) is 0 Å². The summed E-state index contributed by atoms with van der Waals surface area (Å²) in [6.07, 6.45) is 13.2. The molecule has 0 saturated heterocycles. The van der Waals surface area contributed by atoms with Crippen LogP contribution in [-0.4, -0.2) is 48.7 Å². The Morgan fingerprint density at radius 1 is 0.566 bits per heavy atom. The Labute approximate surface area is 446 Å². The zero-order valence-corrected chi connectivity index (χ0v) is 43.7. The van der Waals surface area contributed by atoms with E-state index in [4.69, 9.17) is 21.4 Å². The van der Waals surface area contributed by atoms with Gasteiger partial charge >= 0.3 is 0 Å². The molecule has 1 aliphatic rings. The fraction of sp³-hybridized carbons (Fsp3) is 0.234. The molecule has 0 aliphatic heterocycles. The number of allylic oxidation sites excluding steroid dienone is 3. The molecular weight excluding hydrogens is 941 g/mol. The molecule has 9 rings (SSSR count). The Kier molecular flexibility index (Phi) is 17.4. The van der Waals surface area contributed by atoms with E-state index in [0.29, 0.717) is 35.6 Å². The maximum atomic E-state index is 13.0. The lowest BCUT2D eigenvalue weighted by Crippen LogP contribution is -2.33. The zero-order valence-electron chi connectivity index (χ0n) is 43.7. The number of benzene rings is 7. The van der Waals surface area contributed by atoms with Crippen molar-refractivity contribution in [3.8, 4) is 16.8 Å². The lowest BCUT2D eigenvalue weighted by Gasteiger charge is -2.17. The van der Waals surface area contributed by atoms with Gasteiger partial charge in [0, 0.05) is 102 Å². The molecule has 0 atom stereocenters. The Hall–Kier alpha value is -8.77. The van der Waals surface area contributed by atoms with Crippen molar-refractivity contribution in [3.63, 3.8) is 0 Å². The quantitative estimate of drug-likeness (QED) is 0.0143. The molecule has 12 heteroatoms. The number of hydrogen-bond acceptors (Lipinski definition) is 9. The summed E-state index contributed by atoms with van der Waals surface area (Å²) in [7, 11) is 0. The van der Waals surface area contributed by atoms with Gasteiger partial charge in [0.1, 0.15) is 11.0 Å². The van der Waals surface area contributed by atoms with Crippen molar-refractivity contribution in [1.29, 1.82) is 0 Å². The number of unbranched alkanes of at least 4 members (excludes halogenated alkanes) is 6. The highest BCUT2D eigenvalue weighted by Gasteiger charge is 2.21. The van der Waals surface area contributed by atoms with E-state index in [2.05, 4.69) is 81.4 Å². The molecule has 386 valence electrons. The van der Waals surface area contributed by atoms with E-state index in [1.54, 1.807) is 0 Å². The second-order valence-corrected chi connectivity index (χ2v) is 19.6. The van der Waals surface area contributed by atoms with E-state index in [1.807, 2.05) is 133 Å². The minimum absolute atomic E-state index is 0.0710. The number of fused-ring (bicyclic) bond motifs is 2. The largest absolute Gasteiger partial charge is 0.399 e. The fourth-order valence-electron chi connectivity index (χ4n) is 9.59. The van der Waals surface area contributed by atoms with Crippen LogP contribution in [0, 0.1) is 6.92 Å². The number of hydrogen-bond donors (Lipinski definition) is 7. The Balaban J connectivity index is 0.634. The van der Waals surface area contributed by atoms with Gasteiger partial charge in [-0.3, -0.25) is 14.6 Å². The first-order chi connectivity index (χ1) is 37.1. The van der Waals surface area contributed by atoms with Gasteiger partial charge in [0.2, 0.25) is 16.7 Å². The lowest BCUT2D eigenvalue weighted by molar-refractivity contribution is -0.538. The highest BCUT2D eigenvalue weighted by atomic mass is 16.2. The summed E-state index contributed by atoms with van der Waals surface area (Å²) >= 11 is 0. The van der Waals surface area contributed by atoms with Gasteiger partial charge in [-0.15, -0.1) is 4.57 Å². The van der Waals surface area contributed by atoms with E-state index >= 15 is 0 Å². The molecule has 0 radical (unpaired) electrons. The number of nitrogen functional groups attached to an aromatic ring is 2. The van der Waals surface area contributed by atoms with Crippen LogP contribution in [0.4, 0.5) is 34.1 Å². The molecule has 1 aliphatic carbocycles. The van der Waals surface area contributed by atoms with Gasteiger partial charge in [-0.25, -0.2) is 4.98 Å². The summed E-state index contributed by atoms with van der Waals surface area (Å²) in [5, 5.41) is 16.9. The monoisotopic (exact) mass is 1010 g/mol. The Morgan fingerprint density at radius 2 is 1.13 bits per heavy atom. The molecule has 9 N–H and O–H groups in total. The number of carbonyl (C=O) groups excluding carboxylic acids is 2. The highest BCUT2D eigenvalue weighted by molar-refractivity contribution is 6.01. The van der Waals surface area contributed by atoms with Gasteiger partial charge in [-0.1, -0.05) is 92.4 Å². The van der Waals surface area contributed by atoms with E-state index < -0.39 is 0 Å². The third-order valence-electron chi connectivity index (χ3n) is 13.8. The van der Waals surface area contributed by atoms with Crippen LogP contribution in [0.2, 0.25) is 0 Å². The van der Waals surface area contributed by atoms with Crippen molar-refractivity contribution < 1.29 is 14.2 Å². The molecule has 12 nitrogen and oxygen atoms in total. The van der Waals surface area contributed by atoms with Crippen LogP contribution in [0.5, 0.6) is 0 Å². The number of aryl methyl sites for hydroxylation is 1. The third kappa shape index (κ3) is 13.7. The van der Waals surface area contributed by atoms with Crippen molar-refractivity contribution in [2.75, 3.05) is 48.3 Å². The van der Waals surface area contributed by atoms with Crippen LogP contribution in [0.1, 0.15) is 91.0 Å². The van der Waals surface area contributed by atoms with E-state index in [1.165, 1.54) is 0 Å².